The molecule has 0 aromatic rings. The third kappa shape index (κ3) is 6.27. The molecule has 0 heterocycles. The van der Waals surface area contributed by atoms with Crippen LogP contribution in [0.1, 0.15) is 19.8 Å². The highest BCUT2D eigenvalue weighted by Gasteiger charge is 2.17. The molecule has 0 aliphatic heterocycles. The van der Waals surface area contributed by atoms with Crippen molar-refractivity contribution >= 4 is 18.5 Å². The van der Waals surface area contributed by atoms with E-state index in [1.807, 2.05) is 14.1 Å². The summed E-state index contributed by atoms with van der Waals surface area (Å²) in [6, 6.07) is 0. The second-order valence-corrected chi connectivity index (χ2v) is 4.21. The molecule has 0 bridgehead atoms. The Morgan fingerprint density at radius 1 is 1.50 bits per heavy atom. The summed E-state index contributed by atoms with van der Waals surface area (Å²) >= 11 is 4.06. The van der Waals surface area contributed by atoms with E-state index in [-0.39, 0.29) is 11.8 Å². The normalized spacial score (nSPS) is 12.9. The molecule has 0 saturated carbocycles. The first-order valence-corrected chi connectivity index (χ1v) is 5.78. The number of hydrogen-bond acceptors (Lipinski definition) is 3. The number of carbonyl (C=O) groups is 1. The van der Waals surface area contributed by atoms with Crippen LogP contribution in [0.3, 0.4) is 0 Å². The van der Waals surface area contributed by atoms with E-state index in [0.29, 0.717) is 12.3 Å². The molecule has 1 N–H and O–H groups in total. The number of nitrogens with zero attached hydrogens (tertiary/aromatic N) is 1. The number of hydrogen-bond donors (Lipinski definition) is 2. The second kappa shape index (κ2) is 8.12. The Bertz CT molecular complexity index is 162. The standard InChI is InChI=1S/C10H22N2OS/c1-4-5-9(8-12(2)3)10(13)11-6-7-14/h9,14H,4-8H2,1-3H3,(H,11,13). The average molecular weight is 218 g/mol. The van der Waals surface area contributed by atoms with Gasteiger partial charge in [-0.25, -0.2) is 0 Å². The molecule has 0 aromatic heterocycles. The van der Waals surface area contributed by atoms with Gasteiger partial charge in [-0.15, -0.1) is 0 Å². The fourth-order valence-electron chi connectivity index (χ4n) is 1.42. The number of thiol groups is 1. The van der Waals surface area contributed by atoms with Crippen LogP contribution in [0.25, 0.3) is 0 Å². The molecule has 4 heteroatoms. The molecule has 84 valence electrons. The molecular formula is C10H22N2OS. The lowest BCUT2D eigenvalue weighted by Crippen LogP contribution is -2.37. The summed E-state index contributed by atoms with van der Waals surface area (Å²) in [5, 5.41) is 2.88. The van der Waals surface area contributed by atoms with Gasteiger partial charge in [0.25, 0.3) is 0 Å². The molecular weight excluding hydrogens is 196 g/mol. The summed E-state index contributed by atoms with van der Waals surface area (Å²) in [4.78, 5) is 13.7. The molecule has 0 aliphatic carbocycles. The minimum Gasteiger partial charge on any atom is -0.355 e. The van der Waals surface area contributed by atoms with Crippen LogP contribution in [0.5, 0.6) is 0 Å². The molecule has 0 saturated heterocycles. The molecule has 1 amide bonds. The Hall–Kier alpha value is -0.220. The maximum absolute atomic E-state index is 11.7. The Kier molecular flexibility index (Phi) is 7.99. The van der Waals surface area contributed by atoms with Crippen molar-refractivity contribution in [2.45, 2.75) is 19.8 Å². The van der Waals surface area contributed by atoms with Gasteiger partial charge in [-0.2, -0.15) is 12.6 Å². The van der Waals surface area contributed by atoms with Crippen molar-refractivity contribution in [2.24, 2.45) is 5.92 Å². The SMILES string of the molecule is CCCC(CN(C)C)C(=O)NCCS. The van der Waals surface area contributed by atoms with Crippen LogP contribution in [-0.4, -0.2) is 43.7 Å². The van der Waals surface area contributed by atoms with Crippen molar-refractivity contribution in [2.75, 3.05) is 32.9 Å². The first-order chi connectivity index (χ1) is 6.61. The Morgan fingerprint density at radius 2 is 2.14 bits per heavy atom. The molecule has 1 unspecified atom stereocenters. The van der Waals surface area contributed by atoms with Crippen molar-refractivity contribution in [3.8, 4) is 0 Å². The van der Waals surface area contributed by atoms with E-state index in [1.165, 1.54) is 0 Å². The molecule has 0 aliphatic rings. The highest BCUT2D eigenvalue weighted by molar-refractivity contribution is 7.80. The van der Waals surface area contributed by atoms with Crippen LogP contribution >= 0.6 is 12.6 Å². The van der Waals surface area contributed by atoms with Gasteiger partial charge in [-0.05, 0) is 20.5 Å². The lowest BCUT2D eigenvalue weighted by molar-refractivity contribution is -0.125. The third-order valence-electron chi connectivity index (χ3n) is 2.00. The van der Waals surface area contributed by atoms with E-state index in [9.17, 15) is 4.79 Å². The molecule has 1 atom stereocenters. The zero-order chi connectivity index (χ0) is 11.0. The Balaban J connectivity index is 3.97. The van der Waals surface area contributed by atoms with Crippen molar-refractivity contribution in [1.82, 2.24) is 10.2 Å². The summed E-state index contributed by atoms with van der Waals surface area (Å²) < 4.78 is 0. The average Bonchev–Trinajstić information content (AvgIpc) is 2.13. The van der Waals surface area contributed by atoms with Gasteiger partial charge >= 0.3 is 0 Å². The highest BCUT2D eigenvalue weighted by atomic mass is 32.1. The van der Waals surface area contributed by atoms with Crippen LogP contribution in [0.15, 0.2) is 0 Å². The van der Waals surface area contributed by atoms with E-state index in [2.05, 4.69) is 29.8 Å². The first kappa shape index (κ1) is 13.8. The van der Waals surface area contributed by atoms with Crippen LogP contribution in [0, 0.1) is 5.92 Å². The molecule has 0 radical (unpaired) electrons. The lowest BCUT2D eigenvalue weighted by Gasteiger charge is -2.19. The summed E-state index contributed by atoms with van der Waals surface area (Å²) in [6.45, 7) is 3.59. The number of amides is 1. The van der Waals surface area contributed by atoms with Gasteiger partial charge in [0, 0.05) is 18.8 Å². The molecule has 3 nitrogen and oxygen atoms in total. The fraction of sp³-hybridized carbons (Fsp3) is 0.900. The van der Waals surface area contributed by atoms with Crippen LogP contribution in [-0.2, 0) is 4.79 Å². The van der Waals surface area contributed by atoms with E-state index in [4.69, 9.17) is 0 Å². The number of nitrogens with one attached hydrogen (secondary N) is 1. The van der Waals surface area contributed by atoms with Crippen LogP contribution in [0.4, 0.5) is 0 Å². The number of rotatable bonds is 7. The molecule has 14 heavy (non-hydrogen) atoms. The molecule has 0 spiro atoms. The molecule has 0 rings (SSSR count). The zero-order valence-corrected chi connectivity index (χ0v) is 10.3. The summed E-state index contributed by atoms with van der Waals surface area (Å²) in [5.74, 6) is 0.983. The van der Waals surface area contributed by atoms with E-state index < -0.39 is 0 Å². The Labute approximate surface area is 92.7 Å². The quantitative estimate of drug-likeness (QED) is 0.625. The molecule has 0 aromatic carbocycles. The van der Waals surface area contributed by atoms with Crippen molar-refractivity contribution in [3.63, 3.8) is 0 Å². The predicted molar refractivity (Wildman–Crippen MR) is 63.8 cm³/mol. The molecule has 0 fully saturated rings. The predicted octanol–water partition coefficient (Wildman–Crippen LogP) is 1.01. The maximum Gasteiger partial charge on any atom is 0.224 e. The van der Waals surface area contributed by atoms with Crippen molar-refractivity contribution < 1.29 is 4.79 Å². The zero-order valence-electron chi connectivity index (χ0n) is 9.42. The minimum atomic E-state index is 0.120. The van der Waals surface area contributed by atoms with Gasteiger partial charge in [-0.1, -0.05) is 13.3 Å². The van der Waals surface area contributed by atoms with Gasteiger partial charge in [0.1, 0.15) is 0 Å². The van der Waals surface area contributed by atoms with Crippen molar-refractivity contribution in [1.29, 1.82) is 0 Å². The largest absolute Gasteiger partial charge is 0.355 e. The van der Waals surface area contributed by atoms with Gasteiger partial charge in [0.2, 0.25) is 5.91 Å². The first-order valence-electron chi connectivity index (χ1n) is 5.15. The third-order valence-corrected chi connectivity index (χ3v) is 2.23. The van der Waals surface area contributed by atoms with E-state index in [1.54, 1.807) is 0 Å². The van der Waals surface area contributed by atoms with Crippen LogP contribution < -0.4 is 5.32 Å². The van der Waals surface area contributed by atoms with E-state index in [0.717, 1.165) is 19.4 Å². The fourth-order valence-corrected chi connectivity index (χ4v) is 1.53. The monoisotopic (exact) mass is 218 g/mol. The van der Waals surface area contributed by atoms with Gasteiger partial charge < -0.3 is 10.2 Å². The van der Waals surface area contributed by atoms with Gasteiger partial charge in [-0.3, -0.25) is 4.79 Å². The highest BCUT2D eigenvalue weighted by Crippen LogP contribution is 2.07. The van der Waals surface area contributed by atoms with Gasteiger partial charge in [0.15, 0.2) is 0 Å². The summed E-state index contributed by atoms with van der Waals surface area (Å²) in [6.07, 6.45) is 2.00. The summed E-state index contributed by atoms with van der Waals surface area (Å²) in [5.41, 5.74) is 0. The van der Waals surface area contributed by atoms with Gasteiger partial charge in [0.05, 0.1) is 5.92 Å². The Morgan fingerprint density at radius 3 is 2.57 bits per heavy atom. The summed E-state index contributed by atoms with van der Waals surface area (Å²) in [7, 11) is 3.99. The van der Waals surface area contributed by atoms with Crippen molar-refractivity contribution in [3.05, 3.63) is 0 Å². The van der Waals surface area contributed by atoms with E-state index >= 15 is 0 Å². The second-order valence-electron chi connectivity index (χ2n) is 3.76. The smallest absolute Gasteiger partial charge is 0.224 e. The maximum atomic E-state index is 11.7. The number of carbonyl (C=O) groups excluding carboxylic acids is 1. The minimum absolute atomic E-state index is 0.120. The lowest BCUT2D eigenvalue weighted by atomic mass is 10.0. The van der Waals surface area contributed by atoms with Crippen LogP contribution in [0.2, 0.25) is 0 Å². The topological polar surface area (TPSA) is 32.3 Å².